The van der Waals surface area contributed by atoms with E-state index < -0.39 is 17.7 Å². The molecule has 1 aliphatic heterocycles. The third kappa shape index (κ3) is 3.56. The summed E-state index contributed by atoms with van der Waals surface area (Å²) < 4.78 is 6.10. The second-order valence-electron chi connectivity index (χ2n) is 8.22. The van der Waals surface area contributed by atoms with Crippen molar-refractivity contribution in [1.29, 1.82) is 0 Å². The molecule has 28 heavy (non-hydrogen) atoms. The Bertz CT molecular complexity index is 775. The molecule has 1 atom stereocenters. The molecule has 0 saturated carbocycles. The highest BCUT2D eigenvalue weighted by Gasteiger charge is 2.59. The average Bonchev–Trinajstić information content (AvgIpc) is 3.02. The predicted molar refractivity (Wildman–Crippen MR) is 110 cm³/mol. The fraction of sp³-hybridized carbons (Fsp3) is 0.417. The summed E-state index contributed by atoms with van der Waals surface area (Å²) in [6.07, 6.45) is 0.535. The normalized spacial score (nSPS) is 18.6. The summed E-state index contributed by atoms with van der Waals surface area (Å²) in [5.41, 5.74) is 0.751. The van der Waals surface area contributed by atoms with Crippen LogP contribution in [0.3, 0.4) is 0 Å². The third-order valence-corrected chi connectivity index (χ3v) is 5.38. The Labute approximate surface area is 167 Å². The van der Waals surface area contributed by atoms with Crippen LogP contribution in [0.25, 0.3) is 0 Å². The van der Waals surface area contributed by atoms with E-state index in [1.165, 1.54) is 4.90 Å². The first-order valence-electron chi connectivity index (χ1n) is 10.0. The maximum atomic E-state index is 13.1. The second-order valence-corrected chi connectivity index (χ2v) is 8.22. The largest absolute Gasteiger partial charge is 0.430 e. The van der Waals surface area contributed by atoms with Crippen LogP contribution in [0.2, 0.25) is 0 Å². The van der Waals surface area contributed by atoms with Crippen molar-refractivity contribution >= 4 is 12.0 Å². The van der Waals surface area contributed by atoms with Crippen LogP contribution in [0.1, 0.15) is 51.7 Å². The van der Waals surface area contributed by atoms with E-state index in [1.54, 1.807) is 0 Å². The van der Waals surface area contributed by atoms with Crippen LogP contribution in [-0.4, -0.2) is 22.9 Å². The van der Waals surface area contributed by atoms with Gasteiger partial charge in [-0.05, 0) is 18.3 Å². The summed E-state index contributed by atoms with van der Waals surface area (Å²) in [6, 6.07) is 19.1. The van der Waals surface area contributed by atoms with Crippen LogP contribution < -0.4 is 0 Å². The van der Waals surface area contributed by atoms with E-state index in [0.717, 1.165) is 17.5 Å². The molecule has 1 saturated heterocycles. The second kappa shape index (κ2) is 8.17. The summed E-state index contributed by atoms with van der Waals surface area (Å²) in [6.45, 7) is 8.23. The lowest BCUT2D eigenvalue weighted by Crippen LogP contribution is -2.49. The maximum Gasteiger partial charge on any atom is 0.418 e. The molecule has 0 spiro atoms. The molecular formula is C24H29NO3. The van der Waals surface area contributed by atoms with E-state index in [1.807, 2.05) is 74.5 Å². The van der Waals surface area contributed by atoms with Gasteiger partial charge in [0.2, 0.25) is 5.91 Å². The quantitative estimate of drug-likeness (QED) is 0.678. The summed E-state index contributed by atoms with van der Waals surface area (Å²) in [4.78, 5) is 27.4. The highest BCUT2D eigenvalue weighted by Crippen LogP contribution is 2.47. The van der Waals surface area contributed by atoms with Gasteiger partial charge in [-0.1, -0.05) is 88.4 Å². The number of nitrogens with zero attached hydrogens (tertiary/aromatic N) is 1. The average molecular weight is 380 g/mol. The minimum Gasteiger partial charge on any atom is -0.430 e. The molecule has 148 valence electrons. The van der Waals surface area contributed by atoms with Gasteiger partial charge in [-0.15, -0.1) is 0 Å². The zero-order valence-corrected chi connectivity index (χ0v) is 17.1. The molecule has 3 rings (SSSR count). The van der Waals surface area contributed by atoms with Crippen LogP contribution in [0, 0.1) is 11.8 Å². The van der Waals surface area contributed by atoms with Gasteiger partial charge in [0.15, 0.2) is 5.60 Å². The molecule has 0 N–H and O–H groups in total. The smallest absolute Gasteiger partial charge is 0.418 e. The Morgan fingerprint density at radius 3 is 1.89 bits per heavy atom. The van der Waals surface area contributed by atoms with E-state index in [4.69, 9.17) is 4.74 Å². The minimum atomic E-state index is -1.01. The summed E-state index contributed by atoms with van der Waals surface area (Å²) in [5, 5.41) is 0. The van der Waals surface area contributed by atoms with Crippen molar-refractivity contribution in [2.24, 2.45) is 11.8 Å². The maximum absolute atomic E-state index is 13.1. The van der Waals surface area contributed by atoms with E-state index in [2.05, 4.69) is 13.8 Å². The molecule has 0 unspecified atom stereocenters. The standard InChI is InChI=1S/C24H29NO3/c1-17(2)15-16-21(26)25-22(18(3)4)24(28-23(25)27,19-11-7-5-8-12-19)20-13-9-6-10-14-20/h5-14,17-18,22H,15-16H2,1-4H3/t22-/m0/s1. The van der Waals surface area contributed by atoms with Crippen LogP contribution in [0.5, 0.6) is 0 Å². The van der Waals surface area contributed by atoms with Crippen LogP contribution in [-0.2, 0) is 15.1 Å². The van der Waals surface area contributed by atoms with Gasteiger partial charge >= 0.3 is 6.09 Å². The lowest BCUT2D eigenvalue weighted by Gasteiger charge is -2.37. The van der Waals surface area contributed by atoms with Crippen LogP contribution >= 0.6 is 0 Å². The molecule has 0 bridgehead atoms. The van der Waals surface area contributed by atoms with Gasteiger partial charge in [-0.2, -0.15) is 0 Å². The number of amides is 2. The van der Waals surface area contributed by atoms with Gasteiger partial charge in [0.25, 0.3) is 0 Å². The third-order valence-electron chi connectivity index (χ3n) is 5.38. The molecule has 4 heteroatoms. The van der Waals surface area contributed by atoms with Crippen molar-refractivity contribution in [2.75, 3.05) is 0 Å². The molecule has 0 radical (unpaired) electrons. The number of cyclic esters (lactones) is 1. The number of benzene rings is 2. The first-order chi connectivity index (χ1) is 13.4. The number of rotatable bonds is 6. The van der Waals surface area contributed by atoms with Gasteiger partial charge < -0.3 is 4.74 Å². The minimum absolute atomic E-state index is 0.0230. The highest BCUT2D eigenvalue weighted by atomic mass is 16.6. The molecule has 1 heterocycles. The molecular weight excluding hydrogens is 350 g/mol. The zero-order chi connectivity index (χ0) is 20.3. The molecule has 2 amide bonds. The Balaban J connectivity index is 2.14. The van der Waals surface area contributed by atoms with E-state index >= 15 is 0 Å². The number of hydrogen-bond acceptors (Lipinski definition) is 3. The SMILES string of the molecule is CC(C)CCC(=O)N1C(=O)OC(c2ccccc2)(c2ccccc2)[C@@H]1C(C)C. The number of ether oxygens (including phenoxy) is 1. The zero-order valence-electron chi connectivity index (χ0n) is 17.1. The molecule has 0 aliphatic carbocycles. The fourth-order valence-electron chi connectivity index (χ4n) is 4.10. The fourth-order valence-corrected chi connectivity index (χ4v) is 4.10. The number of imide groups is 1. The van der Waals surface area contributed by atoms with Crippen molar-refractivity contribution in [3.8, 4) is 0 Å². The predicted octanol–water partition coefficient (Wildman–Crippen LogP) is 5.37. The van der Waals surface area contributed by atoms with Gasteiger partial charge in [-0.25, -0.2) is 9.69 Å². The molecule has 1 aliphatic rings. The van der Waals surface area contributed by atoms with Crippen molar-refractivity contribution in [3.05, 3.63) is 71.8 Å². The van der Waals surface area contributed by atoms with E-state index in [0.29, 0.717) is 12.3 Å². The van der Waals surface area contributed by atoms with Gasteiger partial charge in [-0.3, -0.25) is 4.79 Å². The summed E-state index contributed by atoms with van der Waals surface area (Å²) in [7, 11) is 0. The van der Waals surface area contributed by atoms with Crippen LogP contribution in [0.4, 0.5) is 4.79 Å². The van der Waals surface area contributed by atoms with Crippen molar-refractivity contribution in [2.45, 2.75) is 52.2 Å². The Morgan fingerprint density at radius 2 is 1.46 bits per heavy atom. The van der Waals surface area contributed by atoms with Gasteiger partial charge in [0, 0.05) is 17.5 Å². The first kappa shape index (κ1) is 20.1. The molecule has 1 fully saturated rings. The van der Waals surface area contributed by atoms with Gasteiger partial charge in [0.1, 0.15) is 0 Å². The lowest BCUT2D eigenvalue weighted by molar-refractivity contribution is -0.130. The Kier molecular flexibility index (Phi) is 5.87. The van der Waals surface area contributed by atoms with Crippen molar-refractivity contribution in [1.82, 2.24) is 4.90 Å². The van der Waals surface area contributed by atoms with E-state index in [-0.39, 0.29) is 11.8 Å². The summed E-state index contributed by atoms with van der Waals surface area (Å²) in [5.74, 6) is 0.258. The molecule has 2 aromatic rings. The molecule has 0 aromatic heterocycles. The van der Waals surface area contributed by atoms with Crippen molar-refractivity contribution < 1.29 is 14.3 Å². The Hall–Kier alpha value is -2.62. The Morgan fingerprint density at radius 1 is 0.964 bits per heavy atom. The van der Waals surface area contributed by atoms with Gasteiger partial charge in [0.05, 0.1) is 6.04 Å². The summed E-state index contributed by atoms with van der Waals surface area (Å²) >= 11 is 0. The van der Waals surface area contributed by atoms with E-state index in [9.17, 15) is 9.59 Å². The lowest BCUT2D eigenvalue weighted by atomic mass is 9.75. The number of carbonyl (C=O) groups excluding carboxylic acids is 2. The molecule has 4 nitrogen and oxygen atoms in total. The first-order valence-corrected chi connectivity index (χ1v) is 10.0. The number of carbonyl (C=O) groups is 2. The highest BCUT2D eigenvalue weighted by molar-refractivity contribution is 5.94. The molecule has 2 aromatic carbocycles. The monoisotopic (exact) mass is 379 g/mol. The number of hydrogen-bond donors (Lipinski definition) is 0. The topological polar surface area (TPSA) is 46.6 Å². The van der Waals surface area contributed by atoms with Crippen LogP contribution in [0.15, 0.2) is 60.7 Å². The van der Waals surface area contributed by atoms with Crippen molar-refractivity contribution in [3.63, 3.8) is 0 Å².